The number of fused-ring (bicyclic) bond motifs is 1. The Morgan fingerprint density at radius 3 is 2.20 bits per heavy atom. The SMILES string of the molecule is CCN(CC)C(=O)CN1CCN(CC(=O)NC(C)c2ccc3c(c2)CCCC3)CC1. The van der Waals surface area contributed by atoms with Crippen LogP contribution in [0.2, 0.25) is 0 Å². The summed E-state index contributed by atoms with van der Waals surface area (Å²) in [6.07, 6.45) is 4.90. The van der Waals surface area contributed by atoms with Gasteiger partial charge in [0.2, 0.25) is 11.8 Å². The molecular weight excluding hydrogens is 376 g/mol. The highest BCUT2D eigenvalue weighted by atomic mass is 16.2. The van der Waals surface area contributed by atoms with Crippen molar-refractivity contribution in [1.82, 2.24) is 20.0 Å². The number of hydrogen-bond donors (Lipinski definition) is 1. The maximum atomic E-state index is 12.6. The summed E-state index contributed by atoms with van der Waals surface area (Å²) < 4.78 is 0. The van der Waals surface area contributed by atoms with Crippen molar-refractivity contribution in [3.8, 4) is 0 Å². The first kappa shape index (κ1) is 22.8. The van der Waals surface area contributed by atoms with Crippen LogP contribution in [0.4, 0.5) is 0 Å². The smallest absolute Gasteiger partial charge is 0.236 e. The zero-order valence-corrected chi connectivity index (χ0v) is 19.0. The van der Waals surface area contributed by atoms with Gasteiger partial charge in [0.05, 0.1) is 19.1 Å². The van der Waals surface area contributed by atoms with Gasteiger partial charge < -0.3 is 10.2 Å². The molecule has 1 atom stereocenters. The number of rotatable bonds is 8. The molecule has 1 fully saturated rings. The second kappa shape index (κ2) is 10.9. The van der Waals surface area contributed by atoms with Crippen molar-refractivity contribution in [1.29, 1.82) is 0 Å². The van der Waals surface area contributed by atoms with Gasteiger partial charge in [-0.2, -0.15) is 0 Å². The van der Waals surface area contributed by atoms with E-state index in [1.54, 1.807) is 0 Å². The lowest BCUT2D eigenvalue weighted by Gasteiger charge is -2.35. The van der Waals surface area contributed by atoms with Gasteiger partial charge in [-0.05, 0) is 63.1 Å². The fourth-order valence-electron chi connectivity index (χ4n) is 4.57. The van der Waals surface area contributed by atoms with Crippen LogP contribution in [0.1, 0.15) is 56.3 Å². The average Bonchev–Trinajstić information content (AvgIpc) is 2.75. The number of likely N-dealkylation sites (N-methyl/N-ethyl adjacent to an activating group) is 1. The van der Waals surface area contributed by atoms with Crippen LogP contribution >= 0.6 is 0 Å². The molecule has 0 aromatic heterocycles. The van der Waals surface area contributed by atoms with Gasteiger partial charge in [-0.15, -0.1) is 0 Å². The van der Waals surface area contributed by atoms with E-state index in [0.29, 0.717) is 13.1 Å². The molecule has 166 valence electrons. The Morgan fingerprint density at radius 2 is 1.57 bits per heavy atom. The molecule has 2 amide bonds. The monoisotopic (exact) mass is 414 g/mol. The summed E-state index contributed by atoms with van der Waals surface area (Å²) in [5, 5.41) is 3.17. The Kier molecular flexibility index (Phi) is 8.28. The molecule has 30 heavy (non-hydrogen) atoms. The minimum Gasteiger partial charge on any atom is -0.348 e. The van der Waals surface area contributed by atoms with Crippen molar-refractivity contribution in [2.75, 3.05) is 52.4 Å². The van der Waals surface area contributed by atoms with Gasteiger partial charge in [0.25, 0.3) is 0 Å². The maximum absolute atomic E-state index is 12.6. The topological polar surface area (TPSA) is 55.9 Å². The largest absolute Gasteiger partial charge is 0.348 e. The molecule has 0 bridgehead atoms. The van der Waals surface area contributed by atoms with E-state index >= 15 is 0 Å². The van der Waals surface area contributed by atoms with E-state index in [9.17, 15) is 9.59 Å². The number of piperazine rings is 1. The predicted molar refractivity (Wildman–Crippen MR) is 120 cm³/mol. The van der Waals surface area contributed by atoms with E-state index in [1.165, 1.54) is 36.0 Å². The molecule has 0 radical (unpaired) electrons. The lowest BCUT2D eigenvalue weighted by molar-refractivity contribution is -0.133. The molecule has 1 aromatic carbocycles. The number of hydrogen-bond acceptors (Lipinski definition) is 4. The molecule has 6 nitrogen and oxygen atoms in total. The van der Waals surface area contributed by atoms with Crippen molar-refractivity contribution in [3.05, 3.63) is 34.9 Å². The molecule has 1 aliphatic heterocycles. The molecule has 1 saturated heterocycles. The van der Waals surface area contributed by atoms with Crippen molar-refractivity contribution in [2.45, 2.75) is 52.5 Å². The number of carbonyl (C=O) groups excluding carboxylic acids is 2. The first-order valence-electron chi connectivity index (χ1n) is 11.6. The highest BCUT2D eigenvalue weighted by Crippen LogP contribution is 2.24. The van der Waals surface area contributed by atoms with Crippen LogP contribution in [0.5, 0.6) is 0 Å². The average molecular weight is 415 g/mol. The Labute approximate surface area is 181 Å². The van der Waals surface area contributed by atoms with Crippen molar-refractivity contribution < 1.29 is 9.59 Å². The fraction of sp³-hybridized carbons (Fsp3) is 0.667. The Hall–Kier alpha value is -1.92. The standard InChI is InChI=1S/C24H38N4O2/c1-4-28(5-2)24(30)18-27-14-12-26(13-15-27)17-23(29)25-19(3)21-11-10-20-8-6-7-9-22(20)16-21/h10-11,16,19H,4-9,12-15,17-18H2,1-3H3,(H,25,29). The fourth-order valence-corrected chi connectivity index (χ4v) is 4.57. The first-order valence-corrected chi connectivity index (χ1v) is 11.6. The summed E-state index contributed by atoms with van der Waals surface area (Å²) >= 11 is 0. The number of carbonyl (C=O) groups is 2. The normalized spacial score (nSPS) is 18.5. The highest BCUT2D eigenvalue weighted by Gasteiger charge is 2.22. The van der Waals surface area contributed by atoms with E-state index in [2.05, 4.69) is 40.2 Å². The molecule has 1 aromatic rings. The minimum atomic E-state index is 0.0257. The van der Waals surface area contributed by atoms with Gasteiger partial charge in [-0.3, -0.25) is 19.4 Å². The molecule has 1 aliphatic carbocycles. The van der Waals surface area contributed by atoms with E-state index in [1.807, 2.05) is 18.7 Å². The van der Waals surface area contributed by atoms with Gasteiger partial charge in [0.1, 0.15) is 0 Å². The van der Waals surface area contributed by atoms with Crippen LogP contribution in [0, 0.1) is 0 Å². The third kappa shape index (κ3) is 6.05. The maximum Gasteiger partial charge on any atom is 0.236 e. The zero-order valence-electron chi connectivity index (χ0n) is 19.0. The van der Waals surface area contributed by atoms with Crippen molar-refractivity contribution >= 4 is 11.8 Å². The van der Waals surface area contributed by atoms with Crippen LogP contribution < -0.4 is 5.32 Å². The van der Waals surface area contributed by atoms with E-state index < -0.39 is 0 Å². The molecule has 1 heterocycles. The van der Waals surface area contributed by atoms with Gasteiger partial charge in [-0.25, -0.2) is 0 Å². The van der Waals surface area contributed by atoms with Crippen LogP contribution in [0.15, 0.2) is 18.2 Å². The summed E-state index contributed by atoms with van der Waals surface area (Å²) in [5.41, 5.74) is 4.12. The van der Waals surface area contributed by atoms with Gasteiger partial charge >= 0.3 is 0 Å². The zero-order chi connectivity index (χ0) is 21.5. The van der Waals surface area contributed by atoms with Crippen LogP contribution in [0.25, 0.3) is 0 Å². The number of aryl methyl sites for hydroxylation is 2. The Morgan fingerprint density at radius 1 is 0.967 bits per heavy atom. The molecule has 1 unspecified atom stereocenters. The predicted octanol–water partition coefficient (Wildman–Crippen LogP) is 2.23. The molecule has 0 spiro atoms. The number of benzene rings is 1. The van der Waals surface area contributed by atoms with Crippen LogP contribution in [-0.4, -0.2) is 78.9 Å². The molecule has 6 heteroatoms. The third-order valence-electron chi connectivity index (χ3n) is 6.56. The third-order valence-corrected chi connectivity index (χ3v) is 6.56. The molecule has 2 aliphatic rings. The van der Waals surface area contributed by atoms with Crippen molar-refractivity contribution in [3.63, 3.8) is 0 Å². The Balaban J connectivity index is 1.42. The second-order valence-electron chi connectivity index (χ2n) is 8.64. The van der Waals surface area contributed by atoms with Crippen LogP contribution in [-0.2, 0) is 22.4 Å². The minimum absolute atomic E-state index is 0.0257. The molecule has 0 saturated carbocycles. The summed E-state index contributed by atoms with van der Waals surface area (Å²) in [6, 6.07) is 6.72. The number of amides is 2. The van der Waals surface area contributed by atoms with Gasteiger partial charge in [0, 0.05) is 39.3 Å². The van der Waals surface area contributed by atoms with Crippen LogP contribution in [0.3, 0.4) is 0 Å². The number of nitrogens with zero attached hydrogens (tertiary/aromatic N) is 3. The first-order chi connectivity index (χ1) is 14.5. The summed E-state index contributed by atoms with van der Waals surface area (Å²) in [5.74, 6) is 0.276. The molecule has 1 N–H and O–H groups in total. The quantitative estimate of drug-likeness (QED) is 0.709. The van der Waals surface area contributed by atoms with E-state index in [-0.39, 0.29) is 17.9 Å². The van der Waals surface area contributed by atoms with E-state index in [0.717, 1.165) is 45.7 Å². The summed E-state index contributed by atoms with van der Waals surface area (Å²) in [7, 11) is 0. The van der Waals surface area contributed by atoms with Gasteiger partial charge in [-0.1, -0.05) is 18.2 Å². The summed E-state index contributed by atoms with van der Waals surface area (Å²) in [6.45, 7) is 11.9. The lowest BCUT2D eigenvalue weighted by atomic mass is 9.89. The summed E-state index contributed by atoms with van der Waals surface area (Å²) in [4.78, 5) is 31.1. The van der Waals surface area contributed by atoms with E-state index in [4.69, 9.17) is 0 Å². The lowest BCUT2D eigenvalue weighted by Crippen LogP contribution is -2.52. The van der Waals surface area contributed by atoms with Gasteiger partial charge in [0.15, 0.2) is 0 Å². The molecular formula is C24H38N4O2. The van der Waals surface area contributed by atoms with Crippen molar-refractivity contribution in [2.24, 2.45) is 0 Å². The molecule has 3 rings (SSSR count). The second-order valence-corrected chi connectivity index (χ2v) is 8.64. The number of nitrogens with one attached hydrogen (secondary N) is 1. The highest BCUT2D eigenvalue weighted by molar-refractivity contribution is 5.79. The Bertz CT molecular complexity index is 724.